The molecule has 5 N–H and O–H groups in total. The Hall–Kier alpha value is -0.950. The zero-order chi connectivity index (χ0) is 33.5. The van der Waals surface area contributed by atoms with Crippen molar-refractivity contribution in [1.82, 2.24) is 29.2 Å². The van der Waals surface area contributed by atoms with Gasteiger partial charge in [-0.3, -0.25) is 14.2 Å². The maximum atomic E-state index is 6.71. The van der Waals surface area contributed by atoms with Crippen LogP contribution in [-0.4, -0.2) is 140 Å². The van der Waals surface area contributed by atoms with Gasteiger partial charge in [0.25, 0.3) is 0 Å². The van der Waals surface area contributed by atoms with Crippen molar-refractivity contribution in [3.8, 4) is 0 Å². The van der Waals surface area contributed by atoms with Crippen LogP contribution >= 0.6 is 9.41 Å². The van der Waals surface area contributed by atoms with Crippen molar-refractivity contribution >= 4 is 9.41 Å². The first-order chi connectivity index (χ1) is 21.6. The smallest absolute Gasteiger partial charge is 0.0959 e. The monoisotopic (exact) mass is 665 g/mol. The maximum Gasteiger partial charge on any atom is 0.0959 e. The van der Waals surface area contributed by atoms with Gasteiger partial charge in [-0.2, -0.15) is 19.1 Å². The lowest BCUT2D eigenvalue weighted by Crippen LogP contribution is -2.72. The van der Waals surface area contributed by atoms with Crippen molar-refractivity contribution in [2.75, 3.05) is 126 Å². The highest BCUT2D eigenvalue weighted by Gasteiger charge is 2.54. The summed E-state index contributed by atoms with van der Waals surface area (Å²) in [4.78, 5) is 10.9. The van der Waals surface area contributed by atoms with Crippen LogP contribution in [0.25, 0.3) is 0 Å². The zero-order valence-corrected chi connectivity index (χ0v) is 30.4. The van der Waals surface area contributed by atoms with E-state index in [0.29, 0.717) is 59.4 Å². The molecule has 0 radical (unpaired) electrons. The molecular weight excluding hydrogens is 598 g/mol. The van der Waals surface area contributed by atoms with Gasteiger partial charge >= 0.3 is 0 Å². The molecule has 0 saturated carbocycles. The molecule has 0 unspecified atom stereocenters. The molecule has 0 amide bonds. The van der Waals surface area contributed by atoms with Crippen LogP contribution in [0.4, 0.5) is 0 Å². The van der Waals surface area contributed by atoms with Crippen LogP contribution in [0.1, 0.15) is 38.8 Å². The van der Waals surface area contributed by atoms with Crippen molar-refractivity contribution < 1.29 is 27.3 Å². The SMILES string of the molecule is CCN(CC)CCOCCOCCOS(C)(NN)(NNC)(OCCOCCOCCN(CC)CC)N(C)Cc1ccccc1C. The number of benzene rings is 1. The quantitative estimate of drug-likeness (QED) is 0.0547. The second-order valence-corrected chi connectivity index (χ2v) is 16.1. The summed E-state index contributed by atoms with van der Waals surface area (Å²) >= 11 is 0. The molecule has 268 valence electrons. The molecule has 0 saturated heterocycles. The first-order valence-corrected chi connectivity index (χ1v) is 19.1. The topological polar surface area (TPSA) is 127 Å². The van der Waals surface area contributed by atoms with E-state index in [1.54, 1.807) is 7.05 Å². The summed E-state index contributed by atoms with van der Waals surface area (Å²) in [5, 5.41) is 0. The Labute approximate surface area is 273 Å². The van der Waals surface area contributed by atoms with Crippen molar-refractivity contribution in [2.45, 2.75) is 41.2 Å². The van der Waals surface area contributed by atoms with E-state index < -0.39 is 9.41 Å². The Morgan fingerprint density at radius 3 is 1.51 bits per heavy atom. The molecule has 0 spiro atoms. The first-order valence-electron chi connectivity index (χ1n) is 16.4. The van der Waals surface area contributed by atoms with E-state index in [-0.39, 0.29) is 13.2 Å². The van der Waals surface area contributed by atoms with Crippen LogP contribution in [0.3, 0.4) is 0 Å². The minimum Gasteiger partial charge on any atom is -0.378 e. The standard InChI is InChI=1S/C31H67N7O6S/c1-9-37(10-2)17-19-39-21-23-41-25-27-43-45(8,34-32,35-33-6,36(7)29-31-16-14-13-15-30(31)5)44-28-26-42-24-22-40-20-18-38(11-3)12-4/h13-16,33-35H,9-12,17-29,32H2,1-8H3. The molecule has 45 heavy (non-hydrogen) atoms. The van der Waals surface area contributed by atoms with Crippen LogP contribution in [0.2, 0.25) is 0 Å². The summed E-state index contributed by atoms with van der Waals surface area (Å²) < 4.78 is 38.6. The Morgan fingerprint density at radius 2 is 1.11 bits per heavy atom. The molecule has 13 nitrogen and oxygen atoms in total. The third-order valence-electron chi connectivity index (χ3n) is 8.17. The van der Waals surface area contributed by atoms with Gasteiger partial charge in [0.05, 0.1) is 66.1 Å². The van der Waals surface area contributed by atoms with E-state index in [1.165, 1.54) is 0 Å². The normalized spacial score (nSPS) is 14.0. The minimum atomic E-state index is -4.54. The summed E-state index contributed by atoms with van der Waals surface area (Å²) in [6.45, 7) is 21.5. The fraction of sp³-hybridized carbons (Fsp3) is 0.806. The molecule has 1 rings (SSSR count). The highest BCUT2D eigenvalue weighted by molar-refractivity contribution is 8.52. The summed E-state index contributed by atoms with van der Waals surface area (Å²) in [5.74, 6) is 6.42. The molecule has 0 atom stereocenters. The molecule has 0 aromatic heterocycles. The van der Waals surface area contributed by atoms with Crippen LogP contribution in [-0.2, 0) is 33.9 Å². The highest BCUT2D eigenvalue weighted by Crippen LogP contribution is 2.82. The second-order valence-electron chi connectivity index (χ2n) is 11.1. The third-order valence-corrected chi connectivity index (χ3v) is 13.2. The lowest BCUT2D eigenvalue weighted by atomic mass is 10.1. The first kappa shape index (κ1) is 42.1. The van der Waals surface area contributed by atoms with Gasteiger partial charge in [-0.1, -0.05) is 52.0 Å². The average molecular weight is 666 g/mol. The van der Waals surface area contributed by atoms with E-state index in [1.807, 2.05) is 29.7 Å². The molecule has 0 aliphatic rings. The van der Waals surface area contributed by atoms with E-state index in [0.717, 1.165) is 50.4 Å². The Morgan fingerprint density at radius 1 is 0.689 bits per heavy atom. The summed E-state index contributed by atoms with van der Waals surface area (Å²) in [7, 11) is -0.861. The number of hydrazine groups is 2. The maximum absolute atomic E-state index is 6.71. The van der Waals surface area contributed by atoms with E-state index in [4.69, 9.17) is 33.2 Å². The van der Waals surface area contributed by atoms with Crippen molar-refractivity contribution in [3.63, 3.8) is 0 Å². The second kappa shape index (κ2) is 21.8. The van der Waals surface area contributed by atoms with Crippen LogP contribution < -0.4 is 20.9 Å². The molecule has 0 bridgehead atoms. The zero-order valence-electron chi connectivity index (χ0n) is 29.6. The highest BCUT2D eigenvalue weighted by atomic mass is 32.4. The van der Waals surface area contributed by atoms with Gasteiger partial charge in [0, 0.05) is 40.0 Å². The number of nitrogens with one attached hydrogen (secondary N) is 3. The van der Waals surface area contributed by atoms with Crippen molar-refractivity contribution in [2.24, 2.45) is 5.84 Å². The molecule has 1 aromatic rings. The van der Waals surface area contributed by atoms with Crippen molar-refractivity contribution in [3.05, 3.63) is 35.4 Å². The van der Waals surface area contributed by atoms with Crippen LogP contribution in [0.5, 0.6) is 0 Å². The van der Waals surface area contributed by atoms with Gasteiger partial charge in [-0.25, -0.2) is 9.73 Å². The van der Waals surface area contributed by atoms with Gasteiger partial charge < -0.3 is 28.7 Å². The summed E-state index contributed by atoms with van der Waals surface area (Å²) in [6, 6.07) is 8.21. The Balaban J connectivity index is 2.85. The lowest BCUT2D eigenvalue weighted by Gasteiger charge is -2.84. The molecule has 14 heteroatoms. The van der Waals surface area contributed by atoms with Gasteiger partial charge in [0.2, 0.25) is 0 Å². The molecule has 1 aromatic carbocycles. The van der Waals surface area contributed by atoms with Crippen molar-refractivity contribution in [1.29, 1.82) is 0 Å². The van der Waals surface area contributed by atoms with Gasteiger partial charge in [-0.15, -0.1) is 0 Å². The van der Waals surface area contributed by atoms with E-state index in [2.05, 4.69) is 71.6 Å². The lowest BCUT2D eigenvalue weighted by molar-refractivity contribution is 0.0166. The average Bonchev–Trinajstić information content (AvgIpc) is 3.04. The van der Waals surface area contributed by atoms with Gasteiger partial charge in [0.15, 0.2) is 0 Å². The van der Waals surface area contributed by atoms with E-state index >= 15 is 0 Å². The third kappa shape index (κ3) is 13.6. The fourth-order valence-electron chi connectivity index (χ4n) is 4.80. The Bertz CT molecular complexity index is 883. The van der Waals surface area contributed by atoms with Crippen LogP contribution in [0, 0.1) is 6.92 Å². The number of nitrogens with zero attached hydrogens (tertiary/aromatic N) is 3. The number of hydrogen-bond acceptors (Lipinski definition) is 13. The predicted molar refractivity (Wildman–Crippen MR) is 186 cm³/mol. The Kier molecular flexibility index (Phi) is 20.4. The molecular formula is C31H67N7O6S. The number of nitrogens with two attached hydrogens (primary N) is 1. The molecule has 0 heterocycles. The van der Waals surface area contributed by atoms with Crippen LogP contribution in [0.15, 0.2) is 24.3 Å². The molecule has 0 fully saturated rings. The summed E-state index contributed by atoms with van der Waals surface area (Å²) in [6.07, 6.45) is 1.85. The number of hydrogen-bond donors (Lipinski definition) is 4. The minimum absolute atomic E-state index is 0.204. The van der Waals surface area contributed by atoms with Gasteiger partial charge in [-0.05, 0) is 44.2 Å². The van der Waals surface area contributed by atoms with Gasteiger partial charge in [0.1, 0.15) is 0 Å². The number of likely N-dealkylation sites (N-methyl/N-ethyl adjacent to an activating group) is 2. The fourth-order valence-corrected chi connectivity index (χ4v) is 8.03. The largest absolute Gasteiger partial charge is 0.378 e. The summed E-state index contributed by atoms with van der Waals surface area (Å²) in [5.41, 5.74) is 5.31. The predicted octanol–water partition coefficient (Wildman–Crippen LogP) is 2.48. The number of rotatable bonds is 30. The molecule has 0 aliphatic carbocycles. The number of aryl methyl sites for hydroxylation is 1. The number of ether oxygens (including phenoxy) is 4. The molecule has 0 aliphatic heterocycles. The van der Waals surface area contributed by atoms with E-state index in [9.17, 15) is 0 Å².